The van der Waals surface area contributed by atoms with Crippen LogP contribution in [-0.2, 0) is 15.9 Å². The SMILES string of the molecule is COCCc1cccc([C@H]2CCN(C)CC2OC)c1. The van der Waals surface area contributed by atoms with Gasteiger partial charge in [0.15, 0.2) is 0 Å². The van der Waals surface area contributed by atoms with E-state index in [-0.39, 0.29) is 0 Å². The maximum atomic E-state index is 5.68. The molecule has 2 atom stereocenters. The molecule has 1 aliphatic rings. The van der Waals surface area contributed by atoms with Crippen LogP contribution in [0.2, 0.25) is 0 Å². The highest BCUT2D eigenvalue weighted by molar-refractivity contribution is 5.28. The van der Waals surface area contributed by atoms with Gasteiger partial charge in [-0.1, -0.05) is 24.3 Å². The molecule has 1 saturated heterocycles. The first kappa shape index (κ1) is 14.5. The Balaban J connectivity index is 2.11. The molecule has 1 heterocycles. The molecule has 1 aromatic rings. The summed E-state index contributed by atoms with van der Waals surface area (Å²) >= 11 is 0. The molecular formula is C16H25NO2. The van der Waals surface area contributed by atoms with E-state index in [4.69, 9.17) is 9.47 Å². The van der Waals surface area contributed by atoms with Crippen molar-refractivity contribution in [1.82, 2.24) is 4.90 Å². The van der Waals surface area contributed by atoms with Gasteiger partial charge in [-0.2, -0.15) is 0 Å². The van der Waals surface area contributed by atoms with Gasteiger partial charge in [-0.15, -0.1) is 0 Å². The lowest BCUT2D eigenvalue weighted by atomic mass is 9.86. The molecule has 1 fully saturated rings. The summed E-state index contributed by atoms with van der Waals surface area (Å²) in [5, 5.41) is 0. The number of benzene rings is 1. The Kier molecular flexibility index (Phi) is 5.37. The number of hydrogen-bond acceptors (Lipinski definition) is 3. The number of nitrogens with zero attached hydrogens (tertiary/aromatic N) is 1. The minimum absolute atomic E-state index is 0.302. The zero-order chi connectivity index (χ0) is 13.7. The number of hydrogen-bond donors (Lipinski definition) is 0. The molecule has 3 heteroatoms. The molecule has 106 valence electrons. The summed E-state index contributed by atoms with van der Waals surface area (Å²) < 4.78 is 10.8. The summed E-state index contributed by atoms with van der Waals surface area (Å²) in [6.07, 6.45) is 2.45. The van der Waals surface area contributed by atoms with Crippen LogP contribution < -0.4 is 0 Å². The van der Waals surface area contributed by atoms with Crippen molar-refractivity contribution in [2.24, 2.45) is 0 Å². The lowest BCUT2D eigenvalue weighted by molar-refractivity contribution is 0.0233. The van der Waals surface area contributed by atoms with Gasteiger partial charge in [0.2, 0.25) is 0 Å². The normalized spacial score (nSPS) is 24.6. The largest absolute Gasteiger partial charge is 0.384 e. The van der Waals surface area contributed by atoms with E-state index in [0.717, 1.165) is 26.1 Å². The number of ether oxygens (including phenoxy) is 2. The summed E-state index contributed by atoms with van der Waals surface area (Å²) in [6.45, 7) is 2.95. The van der Waals surface area contributed by atoms with Crippen LogP contribution in [0.3, 0.4) is 0 Å². The molecule has 3 nitrogen and oxygen atoms in total. The van der Waals surface area contributed by atoms with E-state index in [1.54, 1.807) is 7.11 Å². The molecule has 0 amide bonds. The topological polar surface area (TPSA) is 21.7 Å². The van der Waals surface area contributed by atoms with Crippen LogP contribution >= 0.6 is 0 Å². The smallest absolute Gasteiger partial charge is 0.0766 e. The summed E-state index contributed by atoms with van der Waals surface area (Å²) in [7, 11) is 5.74. The number of likely N-dealkylation sites (N-methyl/N-ethyl adjacent to an activating group) is 1. The van der Waals surface area contributed by atoms with Crippen molar-refractivity contribution in [1.29, 1.82) is 0 Å². The van der Waals surface area contributed by atoms with Crippen molar-refractivity contribution in [2.75, 3.05) is 41.0 Å². The Bertz CT molecular complexity index is 394. The number of methoxy groups -OCH3 is 2. The van der Waals surface area contributed by atoms with E-state index >= 15 is 0 Å². The first-order valence-corrected chi connectivity index (χ1v) is 7.03. The summed E-state index contributed by atoms with van der Waals surface area (Å²) in [4.78, 5) is 2.35. The van der Waals surface area contributed by atoms with Gasteiger partial charge in [0, 0.05) is 26.7 Å². The lowest BCUT2D eigenvalue weighted by Crippen LogP contribution is -2.41. The van der Waals surface area contributed by atoms with Crippen LogP contribution in [0.4, 0.5) is 0 Å². The van der Waals surface area contributed by atoms with E-state index in [2.05, 4.69) is 36.2 Å². The van der Waals surface area contributed by atoms with Crippen molar-refractivity contribution >= 4 is 0 Å². The molecule has 0 radical (unpaired) electrons. The fourth-order valence-corrected chi connectivity index (χ4v) is 2.89. The van der Waals surface area contributed by atoms with Gasteiger partial charge in [-0.25, -0.2) is 0 Å². The molecule has 0 aromatic heterocycles. The number of likely N-dealkylation sites (tertiary alicyclic amines) is 1. The minimum Gasteiger partial charge on any atom is -0.384 e. The second kappa shape index (κ2) is 7.04. The predicted octanol–water partition coefficient (Wildman–Crippen LogP) is 2.31. The highest BCUT2D eigenvalue weighted by atomic mass is 16.5. The molecule has 1 aliphatic heterocycles. The van der Waals surface area contributed by atoms with Gasteiger partial charge >= 0.3 is 0 Å². The van der Waals surface area contributed by atoms with Gasteiger partial charge in [-0.3, -0.25) is 0 Å². The van der Waals surface area contributed by atoms with Crippen LogP contribution in [0.5, 0.6) is 0 Å². The van der Waals surface area contributed by atoms with Gasteiger partial charge in [0.05, 0.1) is 12.7 Å². The molecule has 0 aliphatic carbocycles. The minimum atomic E-state index is 0.302. The molecule has 19 heavy (non-hydrogen) atoms. The highest BCUT2D eigenvalue weighted by Gasteiger charge is 2.28. The fourth-order valence-electron chi connectivity index (χ4n) is 2.89. The Morgan fingerprint density at radius 1 is 1.32 bits per heavy atom. The van der Waals surface area contributed by atoms with Crippen LogP contribution in [0.1, 0.15) is 23.5 Å². The average Bonchev–Trinajstić information content (AvgIpc) is 2.45. The van der Waals surface area contributed by atoms with Crippen LogP contribution in [0.15, 0.2) is 24.3 Å². The number of piperidine rings is 1. The molecule has 0 bridgehead atoms. The maximum absolute atomic E-state index is 5.68. The zero-order valence-corrected chi connectivity index (χ0v) is 12.3. The van der Waals surface area contributed by atoms with Gasteiger partial charge in [0.25, 0.3) is 0 Å². The van der Waals surface area contributed by atoms with Crippen LogP contribution in [-0.4, -0.2) is 52.0 Å². The summed E-state index contributed by atoms with van der Waals surface area (Å²) in [5.41, 5.74) is 2.77. The molecule has 0 N–H and O–H groups in total. The van der Waals surface area contributed by atoms with E-state index in [1.807, 2.05) is 7.11 Å². The third-order valence-corrected chi connectivity index (χ3v) is 4.04. The van der Waals surface area contributed by atoms with E-state index in [0.29, 0.717) is 12.0 Å². The van der Waals surface area contributed by atoms with Crippen molar-refractivity contribution in [3.63, 3.8) is 0 Å². The Labute approximate surface area is 116 Å². The standard InChI is InChI=1S/C16H25NO2/c1-17-9-7-15(16(12-17)19-3)14-6-4-5-13(11-14)8-10-18-2/h4-6,11,15-16H,7-10,12H2,1-3H3/t15-,16?/m1/s1. The van der Waals surface area contributed by atoms with E-state index in [1.165, 1.54) is 17.5 Å². The van der Waals surface area contributed by atoms with Crippen molar-refractivity contribution in [3.05, 3.63) is 35.4 Å². The van der Waals surface area contributed by atoms with Gasteiger partial charge in [-0.05, 0) is 37.6 Å². The maximum Gasteiger partial charge on any atom is 0.0766 e. The Hall–Kier alpha value is -0.900. The zero-order valence-electron chi connectivity index (χ0n) is 12.3. The quantitative estimate of drug-likeness (QED) is 0.813. The Morgan fingerprint density at radius 2 is 2.16 bits per heavy atom. The highest BCUT2D eigenvalue weighted by Crippen LogP contribution is 2.30. The third-order valence-electron chi connectivity index (χ3n) is 4.04. The van der Waals surface area contributed by atoms with E-state index < -0.39 is 0 Å². The molecule has 0 spiro atoms. The van der Waals surface area contributed by atoms with Crippen molar-refractivity contribution < 1.29 is 9.47 Å². The fraction of sp³-hybridized carbons (Fsp3) is 0.625. The average molecular weight is 263 g/mol. The van der Waals surface area contributed by atoms with Crippen LogP contribution in [0, 0.1) is 0 Å². The van der Waals surface area contributed by atoms with Crippen LogP contribution in [0.25, 0.3) is 0 Å². The summed E-state index contributed by atoms with van der Waals surface area (Å²) in [6, 6.07) is 8.89. The predicted molar refractivity (Wildman–Crippen MR) is 77.7 cm³/mol. The first-order valence-electron chi connectivity index (χ1n) is 7.03. The second-order valence-electron chi connectivity index (χ2n) is 5.42. The van der Waals surface area contributed by atoms with Gasteiger partial charge in [0.1, 0.15) is 0 Å². The van der Waals surface area contributed by atoms with Gasteiger partial charge < -0.3 is 14.4 Å². The third kappa shape index (κ3) is 3.78. The van der Waals surface area contributed by atoms with E-state index in [9.17, 15) is 0 Å². The lowest BCUT2D eigenvalue weighted by Gasteiger charge is -2.36. The molecule has 0 saturated carbocycles. The number of rotatable bonds is 5. The van der Waals surface area contributed by atoms with Crippen molar-refractivity contribution in [2.45, 2.75) is 24.9 Å². The monoisotopic (exact) mass is 263 g/mol. The first-order chi connectivity index (χ1) is 9.24. The molecule has 1 unspecified atom stereocenters. The molecule has 1 aromatic carbocycles. The molecule has 2 rings (SSSR count). The molecular weight excluding hydrogens is 238 g/mol. The summed E-state index contributed by atoms with van der Waals surface area (Å²) in [5.74, 6) is 0.517. The second-order valence-corrected chi connectivity index (χ2v) is 5.42. The van der Waals surface area contributed by atoms with Crippen molar-refractivity contribution in [3.8, 4) is 0 Å². The Morgan fingerprint density at radius 3 is 2.89 bits per heavy atom.